The summed E-state index contributed by atoms with van der Waals surface area (Å²) >= 11 is 0. The number of aromatic nitrogens is 4. The van der Waals surface area contributed by atoms with E-state index in [1.165, 1.54) is 28.2 Å². The highest BCUT2D eigenvalue weighted by Crippen LogP contribution is 2.60. The number of hydrogen-bond donors (Lipinski definition) is 8. The number of carbonyl (C=O) groups excluding carboxylic acids is 1. The van der Waals surface area contributed by atoms with E-state index >= 15 is 0 Å². The van der Waals surface area contributed by atoms with Crippen LogP contribution in [0.4, 0.5) is 5.82 Å². The van der Waals surface area contributed by atoms with E-state index in [1.807, 2.05) is 0 Å². The van der Waals surface area contributed by atoms with Crippen molar-refractivity contribution in [3.63, 3.8) is 0 Å². The lowest BCUT2D eigenvalue weighted by atomic mass is 10.1. The van der Waals surface area contributed by atoms with Gasteiger partial charge in [-0.1, -0.05) is 6.08 Å². The van der Waals surface area contributed by atoms with E-state index in [4.69, 9.17) is 30.0 Å². The zero-order chi connectivity index (χ0) is 32.0. The van der Waals surface area contributed by atoms with E-state index in [-0.39, 0.29) is 52.0 Å². The molecule has 5 rings (SSSR count). The summed E-state index contributed by atoms with van der Waals surface area (Å²) in [5.41, 5.74) is 11.6. The summed E-state index contributed by atoms with van der Waals surface area (Å²) in [4.78, 5) is 44.6. The third-order valence-electron chi connectivity index (χ3n) is 6.88. The van der Waals surface area contributed by atoms with Gasteiger partial charge in [-0.25, -0.2) is 24.1 Å². The molecular formula is C21H31MgN7O14P2. The maximum absolute atomic E-state index is 12.4. The number of aliphatic hydroxyl groups excluding tert-OH is 4. The van der Waals surface area contributed by atoms with Gasteiger partial charge in [0.25, 0.3) is 0 Å². The van der Waals surface area contributed by atoms with E-state index < -0.39 is 83.8 Å². The second-order valence-corrected chi connectivity index (χ2v) is 12.9. The van der Waals surface area contributed by atoms with Crippen LogP contribution in [-0.2, 0) is 36.8 Å². The number of nitrogens with zero attached hydrogens (tertiary/aromatic N) is 5. The molecule has 0 radical (unpaired) electrons. The monoisotopic (exact) mass is 691 g/mol. The molecule has 3 aliphatic rings. The molecule has 2 saturated heterocycles. The molecule has 1 amide bonds. The third-order valence-corrected chi connectivity index (χ3v) is 9.48. The highest BCUT2D eigenvalue weighted by Gasteiger charge is 2.48. The Balaban J connectivity index is 0.00000461. The molecule has 0 aromatic carbocycles. The SMILES string of the molecule is NC(=O)C1=CN([C@@H]2O[C@H](COP(=O)(O)OP(=O)(O)OC[C@H]3O[C@@H](n4cnc5c(N)ncnc54)[C@H](O)[C@@H]3O)[C@@H](O)[C@H]2O)C=CC1.[MgH2]. The molecule has 10 atom stereocenters. The normalized spacial score (nSPS) is 32.6. The van der Waals surface area contributed by atoms with Crippen molar-refractivity contribution >= 4 is 61.6 Å². The minimum absolute atomic E-state index is 0. The van der Waals surface area contributed by atoms with Gasteiger partial charge in [0, 0.05) is 18.0 Å². The summed E-state index contributed by atoms with van der Waals surface area (Å²) in [6, 6.07) is 0. The zero-order valence-corrected chi connectivity index (χ0v) is 24.2. The van der Waals surface area contributed by atoms with Crippen LogP contribution in [0, 0.1) is 0 Å². The maximum atomic E-state index is 12.4. The molecule has 0 bridgehead atoms. The number of amides is 1. The Morgan fingerprint density at radius 3 is 2.13 bits per heavy atom. The van der Waals surface area contributed by atoms with Crippen LogP contribution < -0.4 is 11.5 Å². The molecule has 2 unspecified atom stereocenters. The summed E-state index contributed by atoms with van der Waals surface area (Å²) in [6.45, 7) is -1.79. The molecule has 2 aromatic heterocycles. The van der Waals surface area contributed by atoms with E-state index in [2.05, 4.69) is 19.3 Å². The minimum atomic E-state index is -5.37. The van der Waals surface area contributed by atoms with Crippen LogP contribution in [0.15, 0.2) is 36.7 Å². The van der Waals surface area contributed by atoms with Crippen molar-refractivity contribution in [2.24, 2.45) is 5.73 Å². The lowest BCUT2D eigenvalue weighted by Gasteiger charge is -2.28. The van der Waals surface area contributed by atoms with Crippen molar-refractivity contribution in [2.75, 3.05) is 18.9 Å². The fourth-order valence-electron chi connectivity index (χ4n) is 4.68. The molecule has 45 heavy (non-hydrogen) atoms. The summed E-state index contributed by atoms with van der Waals surface area (Å²) in [5, 5.41) is 41.6. The topological polar surface area (TPSA) is 318 Å². The van der Waals surface area contributed by atoms with Crippen LogP contribution >= 0.6 is 15.6 Å². The van der Waals surface area contributed by atoms with Gasteiger partial charge in [-0.2, -0.15) is 4.31 Å². The van der Waals surface area contributed by atoms with Gasteiger partial charge in [0.1, 0.15) is 48.5 Å². The van der Waals surface area contributed by atoms with Crippen molar-refractivity contribution in [1.82, 2.24) is 24.4 Å². The lowest BCUT2D eigenvalue weighted by molar-refractivity contribution is -0.115. The second kappa shape index (κ2) is 13.9. The molecule has 0 saturated carbocycles. The molecule has 0 spiro atoms. The summed E-state index contributed by atoms with van der Waals surface area (Å²) < 4.78 is 50.8. The average Bonchev–Trinajstić information content (AvgIpc) is 3.61. The van der Waals surface area contributed by atoms with Crippen molar-refractivity contribution in [3.8, 4) is 0 Å². The Hall–Kier alpha value is -2.11. The molecule has 10 N–H and O–H groups in total. The van der Waals surface area contributed by atoms with E-state index in [9.17, 15) is 44.1 Å². The van der Waals surface area contributed by atoms with Crippen molar-refractivity contribution in [2.45, 2.75) is 55.5 Å². The smallest absolute Gasteiger partial charge is 0.387 e. The van der Waals surface area contributed by atoms with Crippen LogP contribution in [0.25, 0.3) is 11.2 Å². The Morgan fingerprint density at radius 1 is 0.956 bits per heavy atom. The second-order valence-electron chi connectivity index (χ2n) is 9.84. The number of rotatable bonds is 11. The van der Waals surface area contributed by atoms with Crippen LogP contribution in [0.3, 0.4) is 0 Å². The van der Waals surface area contributed by atoms with Crippen LogP contribution in [0.5, 0.6) is 0 Å². The average molecular weight is 692 g/mol. The number of imidazole rings is 1. The summed E-state index contributed by atoms with van der Waals surface area (Å²) in [5.74, 6) is -0.658. The molecule has 2 aromatic rings. The highest BCUT2D eigenvalue weighted by molar-refractivity contribution is 7.61. The summed E-state index contributed by atoms with van der Waals surface area (Å²) in [6.07, 6.45) is -4.88. The Bertz CT molecular complexity index is 1560. The largest absolute Gasteiger partial charge is 0.481 e. The number of carbonyl (C=O) groups is 1. The number of fused-ring (bicyclic) bond motifs is 1. The van der Waals surface area contributed by atoms with Gasteiger partial charge < -0.3 is 56.1 Å². The van der Waals surface area contributed by atoms with Gasteiger partial charge >= 0.3 is 38.7 Å². The van der Waals surface area contributed by atoms with Crippen LogP contribution in [0.2, 0.25) is 0 Å². The fraction of sp³-hybridized carbons (Fsp3) is 0.524. The third kappa shape index (κ3) is 7.72. The molecule has 5 heterocycles. The van der Waals surface area contributed by atoms with Gasteiger partial charge in [-0.3, -0.25) is 18.4 Å². The first-order valence-corrected chi connectivity index (χ1v) is 15.7. The quantitative estimate of drug-likeness (QED) is 0.0833. The highest BCUT2D eigenvalue weighted by atomic mass is 31.3. The van der Waals surface area contributed by atoms with Crippen molar-refractivity contribution < 1.29 is 67.0 Å². The van der Waals surface area contributed by atoms with Gasteiger partial charge in [-0.05, 0) is 6.42 Å². The number of allylic oxidation sites excluding steroid dienone is 1. The number of phosphoric ester groups is 2. The first-order valence-electron chi connectivity index (χ1n) is 12.7. The predicted molar refractivity (Wildman–Crippen MR) is 150 cm³/mol. The zero-order valence-electron chi connectivity index (χ0n) is 22.4. The van der Waals surface area contributed by atoms with Gasteiger partial charge in [0.05, 0.1) is 19.5 Å². The standard InChI is InChI=1S/C21H29N7O14P2.Mg.2H/c22-17-12-19(25-7-24-17)28(8-26-12)21-16(32)14(30)11(41-21)6-39-44(36,37)42-43(34,35)38-5-10-13(29)15(31)20(40-10)27-3-1-2-9(4-27)18(23)33;;;/h1,3-4,7-8,10-11,13-16,20-21,29-32H,2,5-6H2,(H2,23,33)(H,34,35)(H,36,37)(H2,22,24,25);;;/t10-,11-,13-,14-,15-,16-,20-,21-;;;/m1.../s1. The minimum Gasteiger partial charge on any atom is -0.387 e. The Morgan fingerprint density at radius 2 is 1.53 bits per heavy atom. The van der Waals surface area contributed by atoms with E-state index in [1.54, 1.807) is 6.08 Å². The van der Waals surface area contributed by atoms with Crippen molar-refractivity contribution in [1.29, 1.82) is 0 Å². The first-order chi connectivity index (χ1) is 20.7. The number of hydrogen-bond acceptors (Lipinski definition) is 17. The number of phosphoric acid groups is 2. The van der Waals surface area contributed by atoms with E-state index in [0.717, 1.165) is 6.33 Å². The number of aliphatic hydroxyl groups is 4. The van der Waals surface area contributed by atoms with Crippen molar-refractivity contribution in [3.05, 3.63) is 36.7 Å². The lowest BCUT2D eigenvalue weighted by Crippen LogP contribution is -2.40. The fourth-order valence-corrected chi connectivity index (χ4v) is 6.77. The number of anilines is 1. The summed E-state index contributed by atoms with van der Waals surface area (Å²) in [7, 11) is -10.7. The molecule has 0 aliphatic carbocycles. The molecular weight excluding hydrogens is 661 g/mol. The maximum Gasteiger partial charge on any atom is 0.481 e. The predicted octanol–water partition coefficient (Wildman–Crippen LogP) is -3.60. The molecule has 24 heteroatoms. The Kier molecular flexibility index (Phi) is 11.1. The van der Waals surface area contributed by atoms with Gasteiger partial charge in [0.15, 0.2) is 23.9 Å². The molecule has 246 valence electrons. The molecule has 2 fully saturated rings. The first kappa shape index (κ1) is 35.7. The van der Waals surface area contributed by atoms with Gasteiger partial charge in [-0.15, -0.1) is 0 Å². The number of nitrogens with two attached hydrogens (primary N) is 2. The van der Waals surface area contributed by atoms with Crippen LogP contribution in [-0.4, -0.2) is 140 Å². The number of primary amides is 1. The molecule has 21 nitrogen and oxygen atoms in total. The molecule has 3 aliphatic heterocycles. The number of nitrogen functional groups attached to an aromatic ring is 1. The van der Waals surface area contributed by atoms with Crippen LogP contribution in [0.1, 0.15) is 12.6 Å². The number of ether oxygens (including phenoxy) is 2. The van der Waals surface area contributed by atoms with E-state index in [0.29, 0.717) is 0 Å². The Labute approximate surface area is 269 Å². The van der Waals surface area contributed by atoms with Gasteiger partial charge in [0.2, 0.25) is 5.91 Å².